The molecular formula is C13H13N3OS. The third kappa shape index (κ3) is 2.26. The van der Waals surface area contributed by atoms with Crippen LogP contribution in [0.1, 0.15) is 28.1 Å². The zero-order valence-corrected chi connectivity index (χ0v) is 10.8. The first-order valence-corrected chi connectivity index (χ1v) is 6.71. The van der Waals surface area contributed by atoms with Gasteiger partial charge in [0, 0.05) is 11.6 Å². The van der Waals surface area contributed by atoms with Crippen LogP contribution in [-0.2, 0) is 0 Å². The third-order valence-electron chi connectivity index (χ3n) is 2.93. The summed E-state index contributed by atoms with van der Waals surface area (Å²) < 4.78 is 3.90. The molecule has 1 aliphatic carbocycles. The van der Waals surface area contributed by atoms with Crippen LogP contribution in [0.5, 0.6) is 0 Å². The van der Waals surface area contributed by atoms with E-state index in [0.29, 0.717) is 16.6 Å². The van der Waals surface area contributed by atoms with E-state index in [4.69, 9.17) is 0 Å². The molecule has 2 aromatic rings. The Balaban J connectivity index is 1.90. The van der Waals surface area contributed by atoms with Crippen molar-refractivity contribution in [1.29, 1.82) is 0 Å². The summed E-state index contributed by atoms with van der Waals surface area (Å²) in [6.45, 7) is 2.03. The standard InChI is InChI=1S/C13H13N3OS/c1-8-2-4-9(5-3-8)11-12(18-16-15-11)13(17)14-10-6-7-10/h2-5,10H,6-7H2,1H3,(H,14,17). The van der Waals surface area contributed by atoms with Crippen LogP contribution in [-0.4, -0.2) is 21.5 Å². The second-order valence-electron chi connectivity index (χ2n) is 4.56. The van der Waals surface area contributed by atoms with Gasteiger partial charge in [-0.15, -0.1) is 5.10 Å². The van der Waals surface area contributed by atoms with Crippen LogP contribution < -0.4 is 5.32 Å². The lowest BCUT2D eigenvalue weighted by Crippen LogP contribution is -2.24. The molecule has 1 N–H and O–H groups in total. The zero-order chi connectivity index (χ0) is 12.5. The summed E-state index contributed by atoms with van der Waals surface area (Å²) in [4.78, 5) is 12.6. The summed E-state index contributed by atoms with van der Waals surface area (Å²) in [7, 11) is 0. The fourth-order valence-electron chi connectivity index (χ4n) is 1.72. The number of hydrogen-bond donors (Lipinski definition) is 1. The van der Waals surface area contributed by atoms with Crippen molar-refractivity contribution in [1.82, 2.24) is 14.9 Å². The van der Waals surface area contributed by atoms with Gasteiger partial charge in [0.2, 0.25) is 0 Å². The first kappa shape index (κ1) is 11.3. The molecule has 5 heteroatoms. The molecule has 1 aromatic heterocycles. The number of carbonyl (C=O) groups is 1. The molecule has 3 rings (SSSR count). The number of nitrogens with one attached hydrogen (secondary N) is 1. The Hall–Kier alpha value is -1.75. The number of benzene rings is 1. The largest absolute Gasteiger partial charge is 0.348 e. The van der Waals surface area contributed by atoms with E-state index >= 15 is 0 Å². The van der Waals surface area contributed by atoms with Gasteiger partial charge in [-0.3, -0.25) is 4.79 Å². The van der Waals surface area contributed by atoms with Gasteiger partial charge in [0.25, 0.3) is 5.91 Å². The van der Waals surface area contributed by atoms with Crippen LogP contribution >= 0.6 is 11.5 Å². The molecule has 1 saturated carbocycles. The van der Waals surface area contributed by atoms with Gasteiger partial charge in [-0.05, 0) is 31.3 Å². The maximum atomic E-state index is 12.0. The number of rotatable bonds is 3. The van der Waals surface area contributed by atoms with E-state index in [0.717, 1.165) is 29.9 Å². The lowest BCUT2D eigenvalue weighted by Gasteiger charge is -2.03. The van der Waals surface area contributed by atoms with E-state index < -0.39 is 0 Å². The Labute approximate surface area is 109 Å². The summed E-state index contributed by atoms with van der Waals surface area (Å²) in [5.41, 5.74) is 2.80. The molecule has 1 aliphatic rings. The average molecular weight is 259 g/mol. The third-order valence-corrected chi connectivity index (χ3v) is 3.66. The van der Waals surface area contributed by atoms with Crippen LogP contribution in [0.15, 0.2) is 24.3 Å². The summed E-state index contributed by atoms with van der Waals surface area (Å²) in [5.74, 6) is -0.0527. The molecule has 1 amide bonds. The fraction of sp³-hybridized carbons (Fsp3) is 0.308. The summed E-state index contributed by atoms with van der Waals surface area (Å²) >= 11 is 1.15. The molecular weight excluding hydrogens is 246 g/mol. The maximum absolute atomic E-state index is 12.0. The van der Waals surface area contributed by atoms with Crippen molar-refractivity contribution in [2.75, 3.05) is 0 Å². The van der Waals surface area contributed by atoms with Crippen molar-refractivity contribution in [3.05, 3.63) is 34.7 Å². The second kappa shape index (κ2) is 4.49. The number of hydrogen-bond acceptors (Lipinski definition) is 4. The van der Waals surface area contributed by atoms with Gasteiger partial charge in [0.15, 0.2) is 0 Å². The van der Waals surface area contributed by atoms with Gasteiger partial charge in [-0.25, -0.2) is 0 Å². The molecule has 92 valence electrons. The molecule has 1 heterocycles. The van der Waals surface area contributed by atoms with E-state index in [-0.39, 0.29) is 5.91 Å². The first-order valence-electron chi connectivity index (χ1n) is 5.94. The maximum Gasteiger partial charge on any atom is 0.265 e. The van der Waals surface area contributed by atoms with E-state index in [1.54, 1.807) is 0 Å². The SMILES string of the molecule is Cc1ccc(-c2nnsc2C(=O)NC2CC2)cc1. The minimum absolute atomic E-state index is 0.0527. The number of aromatic nitrogens is 2. The molecule has 0 spiro atoms. The predicted molar refractivity (Wildman–Crippen MR) is 70.6 cm³/mol. The summed E-state index contributed by atoms with van der Waals surface area (Å²) in [6, 6.07) is 8.32. The Morgan fingerprint density at radius 3 is 2.72 bits per heavy atom. The van der Waals surface area contributed by atoms with E-state index in [1.165, 1.54) is 5.56 Å². The summed E-state index contributed by atoms with van der Waals surface area (Å²) in [6.07, 6.45) is 2.16. The Kier molecular flexibility index (Phi) is 2.83. The minimum atomic E-state index is -0.0527. The van der Waals surface area contributed by atoms with Crippen LogP contribution in [0, 0.1) is 6.92 Å². The lowest BCUT2D eigenvalue weighted by molar-refractivity contribution is 0.0955. The minimum Gasteiger partial charge on any atom is -0.348 e. The van der Waals surface area contributed by atoms with E-state index in [9.17, 15) is 4.79 Å². The fourth-order valence-corrected chi connectivity index (χ4v) is 2.31. The normalized spacial score (nSPS) is 14.5. The van der Waals surface area contributed by atoms with Gasteiger partial charge in [-0.1, -0.05) is 34.3 Å². The Morgan fingerprint density at radius 1 is 1.33 bits per heavy atom. The van der Waals surface area contributed by atoms with Crippen molar-refractivity contribution in [3.63, 3.8) is 0 Å². The van der Waals surface area contributed by atoms with Gasteiger partial charge in [0.1, 0.15) is 10.6 Å². The monoisotopic (exact) mass is 259 g/mol. The molecule has 0 bridgehead atoms. The van der Waals surface area contributed by atoms with Crippen molar-refractivity contribution in [2.24, 2.45) is 0 Å². The highest BCUT2D eigenvalue weighted by atomic mass is 32.1. The number of amides is 1. The number of nitrogens with zero attached hydrogens (tertiary/aromatic N) is 2. The highest BCUT2D eigenvalue weighted by Gasteiger charge is 2.26. The molecule has 1 aromatic carbocycles. The molecule has 0 saturated heterocycles. The van der Waals surface area contributed by atoms with Crippen LogP contribution in [0.2, 0.25) is 0 Å². The quantitative estimate of drug-likeness (QED) is 0.921. The van der Waals surface area contributed by atoms with Crippen molar-refractivity contribution < 1.29 is 4.79 Å². The molecule has 0 radical (unpaired) electrons. The van der Waals surface area contributed by atoms with Gasteiger partial charge in [-0.2, -0.15) is 0 Å². The van der Waals surface area contributed by atoms with Gasteiger partial charge < -0.3 is 5.32 Å². The molecule has 4 nitrogen and oxygen atoms in total. The van der Waals surface area contributed by atoms with Crippen molar-refractivity contribution in [3.8, 4) is 11.3 Å². The topological polar surface area (TPSA) is 54.9 Å². The zero-order valence-electron chi connectivity index (χ0n) is 10.0. The Morgan fingerprint density at radius 2 is 2.06 bits per heavy atom. The lowest BCUT2D eigenvalue weighted by atomic mass is 10.1. The molecule has 1 fully saturated rings. The smallest absolute Gasteiger partial charge is 0.265 e. The summed E-state index contributed by atoms with van der Waals surface area (Å²) in [5, 5.41) is 7.04. The highest BCUT2D eigenvalue weighted by molar-refractivity contribution is 7.08. The van der Waals surface area contributed by atoms with Crippen LogP contribution in [0.25, 0.3) is 11.3 Å². The van der Waals surface area contributed by atoms with E-state index in [1.807, 2.05) is 31.2 Å². The predicted octanol–water partition coefficient (Wildman–Crippen LogP) is 2.41. The molecule has 0 unspecified atom stereocenters. The average Bonchev–Trinajstić information content (AvgIpc) is 3.04. The number of aryl methyl sites for hydroxylation is 1. The molecule has 0 atom stereocenters. The Bertz CT molecular complexity index is 572. The van der Waals surface area contributed by atoms with Crippen molar-refractivity contribution in [2.45, 2.75) is 25.8 Å². The number of carbonyl (C=O) groups excluding carboxylic acids is 1. The van der Waals surface area contributed by atoms with Gasteiger partial charge >= 0.3 is 0 Å². The van der Waals surface area contributed by atoms with Crippen LogP contribution in [0.4, 0.5) is 0 Å². The molecule has 18 heavy (non-hydrogen) atoms. The molecule has 0 aliphatic heterocycles. The van der Waals surface area contributed by atoms with Crippen molar-refractivity contribution >= 4 is 17.4 Å². The van der Waals surface area contributed by atoms with E-state index in [2.05, 4.69) is 14.9 Å². The van der Waals surface area contributed by atoms with Crippen LogP contribution in [0.3, 0.4) is 0 Å². The van der Waals surface area contributed by atoms with Gasteiger partial charge in [0.05, 0.1) is 0 Å². The second-order valence-corrected chi connectivity index (χ2v) is 5.32. The first-order chi connectivity index (χ1) is 8.74. The highest BCUT2D eigenvalue weighted by Crippen LogP contribution is 2.26.